The number of halogens is 3. The summed E-state index contributed by atoms with van der Waals surface area (Å²) in [6, 6.07) is 5.10. The molecule has 0 heterocycles. The molecule has 118 valence electrons. The Morgan fingerprint density at radius 3 is 2.67 bits per heavy atom. The zero-order valence-electron chi connectivity index (χ0n) is 12.2. The van der Waals surface area contributed by atoms with E-state index in [2.05, 4.69) is 17.0 Å². The van der Waals surface area contributed by atoms with Crippen LogP contribution in [0.1, 0.15) is 44.6 Å². The van der Waals surface area contributed by atoms with Gasteiger partial charge in [-0.1, -0.05) is 30.9 Å². The van der Waals surface area contributed by atoms with Crippen LogP contribution in [0, 0.1) is 5.92 Å². The topological polar surface area (TPSA) is 21.3 Å². The Hall–Kier alpha value is -0.870. The van der Waals surface area contributed by atoms with Crippen LogP contribution in [0.5, 0.6) is 5.75 Å². The van der Waals surface area contributed by atoms with Crippen LogP contribution in [0.3, 0.4) is 0 Å². The molecule has 2 nitrogen and oxygen atoms in total. The summed E-state index contributed by atoms with van der Waals surface area (Å²) >= 11 is 5.95. The molecule has 0 aliphatic heterocycles. The third-order valence-electron chi connectivity index (χ3n) is 4.21. The lowest BCUT2D eigenvalue weighted by Gasteiger charge is -2.28. The Morgan fingerprint density at radius 1 is 1.29 bits per heavy atom. The van der Waals surface area contributed by atoms with Gasteiger partial charge in [0.25, 0.3) is 0 Å². The van der Waals surface area contributed by atoms with E-state index in [-0.39, 0.29) is 5.75 Å². The van der Waals surface area contributed by atoms with Gasteiger partial charge in [-0.15, -0.1) is 0 Å². The Kier molecular flexibility index (Phi) is 6.24. The number of ether oxygens (including phenoxy) is 1. The standard InChI is InChI=1S/C16H22ClF2NO/c1-11(12-5-3-2-4-6-12)20-10-13-9-14(17)7-8-15(13)21-16(18)19/h7-9,11-12,16,20H,2-6,10H2,1H3. The molecule has 1 fully saturated rings. The number of hydrogen-bond donors (Lipinski definition) is 1. The molecule has 5 heteroatoms. The second kappa shape index (κ2) is 7.95. The summed E-state index contributed by atoms with van der Waals surface area (Å²) in [7, 11) is 0. The molecule has 21 heavy (non-hydrogen) atoms. The molecule has 1 unspecified atom stereocenters. The Balaban J connectivity index is 1.96. The number of hydrogen-bond acceptors (Lipinski definition) is 2. The maximum atomic E-state index is 12.4. The van der Waals surface area contributed by atoms with Crippen LogP contribution >= 0.6 is 11.6 Å². The van der Waals surface area contributed by atoms with Gasteiger partial charge in [0.2, 0.25) is 0 Å². The molecule has 1 aromatic rings. The van der Waals surface area contributed by atoms with Gasteiger partial charge >= 0.3 is 6.61 Å². The predicted molar refractivity (Wildman–Crippen MR) is 81.0 cm³/mol. The first-order chi connectivity index (χ1) is 10.1. The smallest absolute Gasteiger partial charge is 0.387 e. The molecule has 1 atom stereocenters. The molecule has 1 aliphatic carbocycles. The molecule has 2 rings (SSSR count). The molecule has 0 saturated heterocycles. The van der Waals surface area contributed by atoms with E-state index in [9.17, 15) is 8.78 Å². The van der Waals surface area contributed by atoms with Crippen molar-refractivity contribution < 1.29 is 13.5 Å². The molecule has 0 radical (unpaired) electrons. The zero-order chi connectivity index (χ0) is 15.2. The van der Waals surface area contributed by atoms with Crippen LogP contribution in [-0.4, -0.2) is 12.7 Å². The molecule has 0 spiro atoms. The van der Waals surface area contributed by atoms with E-state index in [0.717, 1.165) is 0 Å². The van der Waals surface area contributed by atoms with Gasteiger partial charge in [0.05, 0.1) is 0 Å². The summed E-state index contributed by atoms with van der Waals surface area (Å²) in [5.41, 5.74) is 0.672. The Morgan fingerprint density at radius 2 is 2.00 bits per heavy atom. The highest BCUT2D eigenvalue weighted by Crippen LogP contribution is 2.28. The van der Waals surface area contributed by atoms with Crippen LogP contribution in [0.25, 0.3) is 0 Å². The van der Waals surface area contributed by atoms with Gasteiger partial charge in [-0.25, -0.2) is 0 Å². The van der Waals surface area contributed by atoms with Crippen molar-refractivity contribution in [2.75, 3.05) is 0 Å². The van der Waals surface area contributed by atoms with E-state index >= 15 is 0 Å². The van der Waals surface area contributed by atoms with Crippen molar-refractivity contribution in [3.63, 3.8) is 0 Å². The summed E-state index contributed by atoms with van der Waals surface area (Å²) < 4.78 is 29.4. The quantitative estimate of drug-likeness (QED) is 0.797. The van der Waals surface area contributed by atoms with Gasteiger partial charge in [-0.2, -0.15) is 8.78 Å². The molecular weight excluding hydrogens is 296 g/mol. The molecule has 0 bridgehead atoms. The number of benzene rings is 1. The van der Waals surface area contributed by atoms with Crippen LogP contribution in [0.15, 0.2) is 18.2 Å². The second-order valence-corrected chi connectivity index (χ2v) is 6.13. The van der Waals surface area contributed by atoms with E-state index in [1.165, 1.54) is 38.2 Å². The monoisotopic (exact) mass is 317 g/mol. The van der Waals surface area contributed by atoms with Crippen LogP contribution in [0.4, 0.5) is 8.78 Å². The number of alkyl halides is 2. The van der Waals surface area contributed by atoms with Gasteiger partial charge in [0.1, 0.15) is 5.75 Å². The van der Waals surface area contributed by atoms with E-state index in [1.807, 2.05) is 0 Å². The summed E-state index contributed by atoms with van der Waals surface area (Å²) in [6.07, 6.45) is 6.37. The van der Waals surface area contributed by atoms with E-state index in [0.29, 0.717) is 29.1 Å². The van der Waals surface area contributed by atoms with Gasteiger partial charge in [0, 0.05) is 23.2 Å². The summed E-state index contributed by atoms with van der Waals surface area (Å²) in [6.45, 7) is -0.172. The van der Waals surface area contributed by atoms with Gasteiger partial charge in [-0.05, 0) is 43.9 Å². The summed E-state index contributed by atoms with van der Waals surface area (Å²) in [4.78, 5) is 0. The highest BCUT2D eigenvalue weighted by atomic mass is 35.5. The van der Waals surface area contributed by atoms with Crippen molar-refractivity contribution in [2.45, 2.75) is 58.2 Å². The second-order valence-electron chi connectivity index (χ2n) is 5.70. The normalized spacial score (nSPS) is 18.0. The molecule has 1 aromatic carbocycles. The number of rotatable bonds is 6. The van der Waals surface area contributed by atoms with Gasteiger partial charge < -0.3 is 10.1 Å². The third kappa shape index (κ3) is 5.11. The largest absolute Gasteiger partial charge is 0.434 e. The molecule has 1 saturated carbocycles. The van der Waals surface area contributed by atoms with Gasteiger partial charge in [0.15, 0.2) is 0 Å². The van der Waals surface area contributed by atoms with E-state index < -0.39 is 6.61 Å². The van der Waals surface area contributed by atoms with Gasteiger partial charge in [-0.3, -0.25) is 0 Å². The fourth-order valence-corrected chi connectivity index (χ4v) is 3.16. The fourth-order valence-electron chi connectivity index (χ4n) is 2.97. The van der Waals surface area contributed by atoms with Crippen molar-refractivity contribution in [1.82, 2.24) is 5.32 Å². The fraction of sp³-hybridized carbons (Fsp3) is 0.625. The van der Waals surface area contributed by atoms with E-state index in [4.69, 9.17) is 11.6 Å². The molecule has 0 aromatic heterocycles. The molecule has 0 amide bonds. The SMILES string of the molecule is CC(NCc1cc(Cl)ccc1OC(F)F)C1CCCCC1. The lowest BCUT2D eigenvalue weighted by molar-refractivity contribution is -0.0505. The Bertz CT molecular complexity index is 450. The van der Waals surface area contributed by atoms with Crippen molar-refractivity contribution in [3.05, 3.63) is 28.8 Å². The minimum Gasteiger partial charge on any atom is -0.434 e. The Labute approximate surface area is 129 Å². The summed E-state index contributed by atoms with van der Waals surface area (Å²) in [5.74, 6) is 0.857. The van der Waals surface area contributed by atoms with Crippen molar-refractivity contribution in [1.29, 1.82) is 0 Å². The number of nitrogens with one attached hydrogen (secondary N) is 1. The van der Waals surface area contributed by atoms with E-state index in [1.54, 1.807) is 12.1 Å². The maximum absolute atomic E-state index is 12.4. The minimum atomic E-state index is -2.82. The first-order valence-electron chi connectivity index (χ1n) is 7.53. The van der Waals surface area contributed by atoms with Crippen LogP contribution in [-0.2, 0) is 6.54 Å². The van der Waals surface area contributed by atoms with Crippen molar-refractivity contribution >= 4 is 11.6 Å². The van der Waals surface area contributed by atoms with Crippen LogP contribution < -0.4 is 10.1 Å². The molecular formula is C16H22ClF2NO. The lowest BCUT2D eigenvalue weighted by Crippen LogP contribution is -2.34. The third-order valence-corrected chi connectivity index (χ3v) is 4.45. The molecule has 1 aliphatic rings. The van der Waals surface area contributed by atoms with Crippen molar-refractivity contribution in [3.8, 4) is 5.75 Å². The van der Waals surface area contributed by atoms with Crippen LogP contribution in [0.2, 0.25) is 5.02 Å². The summed E-state index contributed by atoms with van der Waals surface area (Å²) in [5, 5.41) is 3.95. The highest BCUT2D eigenvalue weighted by molar-refractivity contribution is 6.30. The lowest BCUT2D eigenvalue weighted by atomic mass is 9.84. The molecule has 1 N–H and O–H groups in total. The highest BCUT2D eigenvalue weighted by Gasteiger charge is 2.20. The zero-order valence-corrected chi connectivity index (χ0v) is 13.0. The average Bonchev–Trinajstić information content (AvgIpc) is 2.47. The predicted octanol–water partition coefficient (Wildman–Crippen LogP) is 5.00. The van der Waals surface area contributed by atoms with Crippen molar-refractivity contribution in [2.24, 2.45) is 5.92 Å². The first-order valence-corrected chi connectivity index (χ1v) is 7.90. The average molecular weight is 318 g/mol. The first kappa shape index (κ1) is 16.5. The minimum absolute atomic E-state index is 0.192. The maximum Gasteiger partial charge on any atom is 0.387 e.